The lowest BCUT2D eigenvalue weighted by molar-refractivity contribution is -0.384. The number of imide groups is 1. The summed E-state index contributed by atoms with van der Waals surface area (Å²) in [6.07, 6.45) is 2.96. The third-order valence-corrected chi connectivity index (χ3v) is 5.39. The highest BCUT2D eigenvalue weighted by atomic mass is 32.2. The first-order valence-electron chi connectivity index (χ1n) is 9.67. The summed E-state index contributed by atoms with van der Waals surface area (Å²) in [6.45, 7) is 1.74. The normalized spacial score (nSPS) is 14.8. The molecular formula is C21H20N2O8S. The lowest BCUT2D eigenvalue weighted by atomic mass is 10.1. The molecule has 0 bridgehead atoms. The number of benzene rings is 1. The molecule has 2 aromatic rings. The van der Waals surface area contributed by atoms with Crippen molar-refractivity contribution >= 4 is 40.6 Å². The minimum Gasteiger partial charge on any atom is -0.496 e. The molecule has 3 rings (SSSR count). The Morgan fingerprint density at radius 1 is 1.28 bits per heavy atom. The van der Waals surface area contributed by atoms with Gasteiger partial charge < -0.3 is 13.9 Å². The Labute approximate surface area is 187 Å². The van der Waals surface area contributed by atoms with Crippen LogP contribution in [-0.2, 0) is 14.3 Å². The first-order valence-corrected chi connectivity index (χ1v) is 10.5. The van der Waals surface area contributed by atoms with E-state index in [9.17, 15) is 24.5 Å². The van der Waals surface area contributed by atoms with Gasteiger partial charge in [0.1, 0.15) is 23.8 Å². The number of methoxy groups -OCH3 is 1. The van der Waals surface area contributed by atoms with Gasteiger partial charge in [0, 0.05) is 12.1 Å². The summed E-state index contributed by atoms with van der Waals surface area (Å²) >= 11 is 0.696. The van der Waals surface area contributed by atoms with Crippen LogP contribution in [0.3, 0.4) is 0 Å². The van der Waals surface area contributed by atoms with Crippen molar-refractivity contribution < 1.29 is 33.2 Å². The van der Waals surface area contributed by atoms with Crippen LogP contribution < -0.4 is 4.74 Å². The largest absolute Gasteiger partial charge is 0.496 e. The number of ether oxygens (including phenoxy) is 2. The van der Waals surface area contributed by atoms with Crippen LogP contribution in [0.4, 0.5) is 10.5 Å². The van der Waals surface area contributed by atoms with Crippen LogP contribution in [-0.4, -0.2) is 47.2 Å². The predicted octanol–water partition coefficient (Wildman–Crippen LogP) is 4.24. The molecule has 0 radical (unpaired) electrons. The van der Waals surface area contributed by atoms with Crippen molar-refractivity contribution in [3.8, 4) is 17.1 Å². The molecule has 0 aliphatic carbocycles. The van der Waals surface area contributed by atoms with E-state index in [2.05, 4.69) is 0 Å². The van der Waals surface area contributed by atoms with Crippen molar-refractivity contribution in [3.63, 3.8) is 0 Å². The van der Waals surface area contributed by atoms with Crippen molar-refractivity contribution in [1.29, 1.82) is 0 Å². The fourth-order valence-corrected chi connectivity index (χ4v) is 3.66. The lowest BCUT2D eigenvalue weighted by Gasteiger charge is -2.11. The summed E-state index contributed by atoms with van der Waals surface area (Å²) in [5.74, 6) is -0.356. The number of rotatable bonds is 9. The minimum absolute atomic E-state index is 0.105. The number of unbranched alkanes of at least 4 members (excludes halogenated alkanes) is 1. The quantitative estimate of drug-likeness (QED) is 0.177. The van der Waals surface area contributed by atoms with E-state index >= 15 is 0 Å². The third kappa shape index (κ3) is 5.17. The molecule has 1 saturated heterocycles. The van der Waals surface area contributed by atoms with Crippen LogP contribution in [0.25, 0.3) is 17.4 Å². The molecule has 168 valence electrons. The number of nitrogens with zero attached hydrogens (tertiary/aromatic N) is 2. The number of carbonyl (C=O) groups is 3. The van der Waals surface area contributed by atoms with Gasteiger partial charge in [-0.3, -0.25) is 29.4 Å². The minimum atomic E-state index is -0.646. The van der Waals surface area contributed by atoms with Crippen molar-refractivity contribution in [1.82, 2.24) is 4.90 Å². The van der Waals surface area contributed by atoms with Crippen LogP contribution in [0.5, 0.6) is 5.75 Å². The van der Waals surface area contributed by atoms with E-state index in [0.717, 1.165) is 11.3 Å². The van der Waals surface area contributed by atoms with E-state index in [1.54, 1.807) is 12.1 Å². The monoisotopic (exact) mass is 460 g/mol. The van der Waals surface area contributed by atoms with Crippen LogP contribution >= 0.6 is 11.8 Å². The summed E-state index contributed by atoms with van der Waals surface area (Å²) in [7, 11) is 1.38. The molecule has 1 aromatic carbocycles. The second-order valence-corrected chi connectivity index (χ2v) is 7.68. The molecule has 2 amide bonds. The fraction of sp³-hybridized carbons (Fsp3) is 0.286. The lowest BCUT2D eigenvalue weighted by Crippen LogP contribution is -2.34. The number of amides is 2. The first kappa shape index (κ1) is 23.1. The zero-order valence-electron chi connectivity index (χ0n) is 17.4. The highest BCUT2D eigenvalue weighted by Crippen LogP contribution is 2.36. The number of hydrogen-bond acceptors (Lipinski definition) is 9. The first-order chi connectivity index (χ1) is 15.3. The summed E-state index contributed by atoms with van der Waals surface area (Å²) in [4.78, 5) is 47.9. The Kier molecular flexibility index (Phi) is 7.31. The predicted molar refractivity (Wildman–Crippen MR) is 116 cm³/mol. The Bertz CT molecular complexity index is 1090. The van der Waals surface area contributed by atoms with Crippen molar-refractivity contribution in [3.05, 3.63) is 51.1 Å². The van der Waals surface area contributed by atoms with Gasteiger partial charge in [0.05, 0.1) is 35.2 Å². The molecule has 32 heavy (non-hydrogen) atoms. The standard InChI is InChI=1S/C21H20N2O8S/c1-3-4-9-30-19(24)12-22-20(25)18(32-21(22)26)11-14-6-8-16(31-14)15-7-5-13(23(27)28)10-17(15)29-2/h5-8,10-11H,3-4,9,12H2,1-2H3/b18-11+. The SMILES string of the molecule is CCCCOC(=O)CN1C(=O)S/C(=C/c2ccc(-c3ccc([N+](=O)[O-])cc3OC)o2)C1=O. The van der Waals surface area contributed by atoms with Crippen molar-refractivity contribution in [2.45, 2.75) is 19.8 Å². The van der Waals surface area contributed by atoms with E-state index in [1.807, 2.05) is 6.92 Å². The van der Waals surface area contributed by atoms with Crippen LogP contribution in [0.2, 0.25) is 0 Å². The number of hydrogen-bond donors (Lipinski definition) is 0. The van der Waals surface area contributed by atoms with Gasteiger partial charge in [-0.2, -0.15) is 0 Å². The molecule has 1 fully saturated rings. The summed E-state index contributed by atoms with van der Waals surface area (Å²) in [5.41, 5.74) is 0.361. The Balaban J connectivity index is 1.75. The van der Waals surface area contributed by atoms with Gasteiger partial charge in [0.2, 0.25) is 0 Å². The van der Waals surface area contributed by atoms with Crippen LogP contribution in [0, 0.1) is 10.1 Å². The molecular weight excluding hydrogens is 440 g/mol. The molecule has 1 aromatic heterocycles. The van der Waals surface area contributed by atoms with E-state index in [4.69, 9.17) is 13.9 Å². The maximum atomic E-state index is 12.5. The van der Waals surface area contributed by atoms with E-state index in [-0.39, 0.29) is 28.7 Å². The zero-order valence-corrected chi connectivity index (χ0v) is 18.2. The fourth-order valence-electron chi connectivity index (χ4n) is 2.84. The number of furan rings is 1. The second-order valence-electron chi connectivity index (χ2n) is 6.69. The zero-order chi connectivity index (χ0) is 23.3. The van der Waals surface area contributed by atoms with Crippen LogP contribution in [0.15, 0.2) is 39.7 Å². The Morgan fingerprint density at radius 3 is 2.75 bits per heavy atom. The molecule has 10 nitrogen and oxygen atoms in total. The smallest absolute Gasteiger partial charge is 0.326 e. The number of thioether (sulfide) groups is 1. The van der Waals surface area contributed by atoms with E-state index in [1.165, 1.54) is 31.4 Å². The third-order valence-electron chi connectivity index (χ3n) is 4.48. The molecule has 0 N–H and O–H groups in total. The molecule has 11 heteroatoms. The van der Waals surface area contributed by atoms with Gasteiger partial charge in [-0.1, -0.05) is 13.3 Å². The van der Waals surface area contributed by atoms with Gasteiger partial charge >= 0.3 is 5.97 Å². The molecule has 0 atom stereocenters. The van der Waals surface area contributed by atoms with Gasteiger partial charge in [-0.25, -0.2) is 0 Å². The summed E-state index contributed by atoms with van der Waals surface area (Å²) < 4.78 is 15.9. The number of non-ortho nitro benzene ring substituents is 1. The summed E-state index contributed by atoms with van der Waals surface area (Å²) in [6, 6.07) is 7.30. The average Bonchev–Trinajstić information content (AvgIpc) is 3.33. The molecule has 1 aliphatic rings. The molecule has 2 heterocycles. The van der Waals surface area contributed by atoms with E-state index < -0.39 is 28.6 Å². The molecule has 0 saturated carbocycles. The van der Waals surface area contributed by atoms with E-state index in [0.29, 0.717) is 29.5 Å². The highest BCUT2D eigenvalue weighted by molar-refractivity contribution is 8.18. The molecule has 1 aliphatic heterocycles. The number of nitro groups is 1. The Morgan fingerprint density at radius 2 is 2.06 bits per heavy atom. The van der Waals surface area contributed by atoms with Crippen molar-refractivity contribution in [2.75, 3.05) is 20.3 Å². The number of nitro benzene ring substituents is 1. The second kappa shape index (κ2) is 10.1. The number of esters is 1. The average molecular weight is 460 g/mol. The van der Waals surface area contributed by atoms with Gasteiger partial charge in [0.25, 0.3) is 16.8 Å². The van der Waals surface area contributed by atoms with Gasteiger partial charge in [-0.05, 0) is 36.4 Å². The topological polar surface area (TPSA) is 129 Å². The molecule has 0 unspecified atom stereocenters. The number of carbonyl (C=O) groups excluding carboxylic acids is 3. The van der Waals surface area contributed by atoms with Crippen molar-refractivity contribution in [2.24, 2.45) is 0 Å². The Hall–Kier alpha value is -3.60. The van der Waals surface area contributed by atoms with Crippen LogP contribution in [0.1, 0.15) is 25.5 Å². The maximum Gasteiger partial charge on any atom is 0.326 e. The highest BCUT2D eigenvalue weighted by Gasteiger charge is 2.37. The maximum absolute atomic E-state index is 12.5. The van der Waals surface area contributed by atoms with Gasteiger partial charge in [0.15, 0.2) is 0 Å². The molecule has 0 spiro atoms. The van der Waals surface area contributed by atoms with Gasteiger partial charge in [-0.15, -0.1) is 0 Å². The summed E-state index contributed by atoms with van der Waals surface area (Å²) in [5, 5.41) is 10.4.